The van der Waals surface area contributed by atoms with Gasteiger partial charge in [-0.3, -0.25) is 4.57 Å². The highest BCUT2D eigenvalue weighted by Crippen LogP contribution is 2.51. The van der Waals surface area contributed by atoms with Gasteiger partial charge < -0.3 is 4.42 Å². The van der Waals surface area contributed by atoms with E-state index in [0.717, 1.165) is 66.5 Å². The molecule has 1 aliphatic rings. The van der Waals surface area contributed by atoms with E-state index in [2.05, 4.69) is 144 Å². The van der Waals surface area contributed by atoms with Crippen LogP contribution in [0.2, 0.25) is 0 Å². The molecular weight excluding hydrogens is 643 g/mol. The quantitative estimate of drug-likeness (QED) is 0.173. The number of hydrogen-bond acceptors (Lipinski definition) is 4. The van der Waals surface area contributed by atoms with Gasteiger partial charge in [0.2, 0.25) is 0 Å². The minimum atomic E-state index is 0.821. The highest BCUT2D eigenvalue weighted by atomic mass is 32.1. The second-order valence-corrected chi connectivity index (χ2v) is 14.8. The lowest BCUT2D eigenvalue weighted by Gasteiger charge is -2.15. The molecule has 4 nitrogen and oxygen atoms in total. The molecule has 13 rings (SSSR count). The van der Waals surface area contributed by atoms with E-state index in [4.69, 9.17) is 14.4 Å². The van der Waals surface area contributed by atoms with Crippen molar-refractivity contribution in [2.24, 2.45) is 0 Å². The number of furan rings is 1. The first-order valence-corrected chi connectivity index (χ1v) is 18.1. The van der Waals surface area contributed by atoms with Crippen LogP contribution in [0.25, 0.3) is 125 Å². The summed E-state index contributed by atoms with van der Waals surface area (Å²) in [5.74, 6) is 0.821. The van der Waals surface area contributed by atoms with E-state index in [9.17, 15) is 0 Å². The number of rotatable bonds is 2. The summed E-state index contributed by atoms with van der Waals surface area (Å²) >= 11 is 1.83. The zero-order chi connectivity index (χ0) is 32.9. The van der Waals surface area contributed by atoms with Crippen LogP contribution < -0.4 is 0 Å². The Labute approximate surface area is 293 Å². The van der Waals surface area contributed by atoms with Crippen LogP contribution in [-0.2, 0) is 0 Å². The summed E-state index contributed by atoms with van der Waals surface area (Å²) in [6.07, 6.45) is 0. The predicted octanol–water partition coefficient (Wildman–Crippen LogP) is 12.9. The van der Waals surface area contributed by atoms with Crippen LogP contribution in [0.1, 0.15) is 0 Å². The minimum absolute atomic E-state index is 0.821. The van der Waals surface area contributed by atoms with Crippen molar-refractivity contribution in [3.8, 4) is 28.2 Å². The van der Waals surface area contributed by atoms with Crippen LogP contribution in [0.15, 0.2) is 144 Å². The Morgan fingerprint density at radius 3 is 2.16 bits per heavy atom. The van der Waals surface area contributed by atoms with E-state index < -0.39 is 0 Å². The lowest BCUT2D eigenvalue weighted by molar-refractivity contribution is 0.669. The summed E-state index contributed by atoms with van der Waals surface area (Å²) in [6.45, 7) is 0. The molecule has 12 aromatic rings. The Morgan fingerprint density at radius 1 is 0.490 bits per heavy atom. The van der Waals surface area contributed by atoms with Gasteiger partial charge in [-0.15, -0.1) is 11.3 Å². The van der Waals surface area contributed by atoms with Crippen LogP contribution in [0.5, 0.6) is 0 Å². The Morgan fingerprint density at radius 2 is 1.22 bits per heavy atom. The first-order valence-electron chi connectivity index (χ1n) is 17.2. The molecule has 0 bridgehead atoms. The number of hydrogen-bond donors (Lipinski definition) is 0. The molecule has 0 radical (unpaired) electrons. The van der Waals surface area contributed by atoms with Crippen LogP contribution in [0, 0.1) is 0 Å². The smallest absolute Gasteiger partial charge is 0.165 e. The van der Waals surface area contributed by atoms with Crippen molar-refractivity contribution in [2.75, 3.05) is 0 Å². The highest BCUT2D eigenvalue weighted by Gasteiger charge is 2.28. The molecule has 0 amide bonds. The number of aromatic nitrogens is 3. The molecule has 0 fully saturated rings. The van der Waals surface area contributed by atoms with Gasteiger partial charge in [-0.1, -0.05) is 91.0 Å². The maximum absolute atomic E-state index is 6.55. The van der Waals surface area contributed by atoms with Gasteiger partial charge in [-0.25, -0.2) is 9.97 Å². The SMILES string of the molecule is c1ccc2c(c1)ccc1nc(-n3c4ccc5cccc6c5c4c4c5c(ccc43)oc3cccc-6c35)c(-c3ccc4sc5ccccc5c4c3)nc12. The second-order valence-electron chi connectivity index (χ2n) is 13.7. The third-order valence-corrected chi connectivity index (χ3v) is 12.2. The van der Waals surface area contributed by atoms with Crippen molar-refractivity contribution >= 4 is 108 Å². The predicted molar refractivity (Wildman–Crippen MR) is 213 cm³/mol. The molecule has 1 aliphatic carbocycles. The monoisotopic (exact) mass is 665 g/mol. The Hall–Kier alpha value is -6.56. The van der Waals surface area contributed by atoms with Gasteiger partial charge in [0.25, 0.3) is 0 Å². The fraction of sp³-hybridized carbons (Fsp3) is 0. The van der Waals surface area contributed by atoms with Crippen LogP contribution in [0.4, 0.5) is 0 Å². The molecule has 0 aliphatic heterocycles. The lowest BCUT2D eigenvalue weighted by atomic mass is 9.95. The van der Waals surface area contributed by atoms with Crippen molar-refractivity contribution < 1.29 is 4.42 Å². The fourth-order valence-electron chi connectivity index (χ4n) is 8.96. The number of nitrogens with zero attached hydrogens (tertiary/aromatic N) is 3. The maximum atomic E-state index is 6.55. The van der Waals surface area contributed by atoms with Crippen molar-refractivity contribution in [1.29, 1.82) is 0 Å². The van der Waals surface area contributed by atoms with Gasteiger partial charge in [-0.05, 0) is 75.8 Å². The number of benzene rings is 8. The molecule has 0 unspecified atom stereocenters. The largest absolute Gasteiger partial charge is 0.456 e. The molecule has 8 aromatic carbocycles. The third kappa shape index (κ3) is 3.25. The Bertz CT molecular complexity index is 3550. The Kier molecular flexibility index (Phi) is 4.73. The van der Waals surface area contributed by atoms with E-state index in [-0.39, 0.29) is 0 Å². The highest BCUT2D eigenvalue weighted by molar-refractivity contribution is 7.25. The van der Waals surface area contributed by atoms with Gasteiger partial charge in [0.05, 0.1) is 22.1 Å². The van der Waals surface area contributed by atoms with Gasteiger partial charge in [0.15, 0.2) is 5.82 Å². The van der Waals surface area contributed by atoms with Crippen molar-refractivity contribution in [2.45, 2.75) is 0 Å². The molecule has 0 spiro atoms. The minimum Gasteiger partial charge on any atom is -0.456 e. The van der Waals surface area contributed by atoms with Gasteiger partial charge in [-0.2, -0.15) is 0 Å². The van der Waals surface area contributed by atoms with Crippen molar-refractivity contribution in [1.82, 2.24) is 14.5 Å². The molecule has 0 N–H and O–H groups in total. The average molecular weight is 666 g/mol. The molecular formula is C46H23N3OS. The summed E-state index contributed by atoms with van der Waals surface area (Å²) < 4.78 is 11.5. The third-order valence-electron chi connectivity index (χ3n) is 11.1. The van der Waals surface area contributed by atoms with Gasteiger partial charge >= 0.3 is 0 Å². The van der Waals surface area contributed by atoms with E-state index in [0.29, 0.717) is 0 Å². The van der Waals surface area contributed by atoms with Crippen LogP contribution in [0.3, 0.4) is 0 Å². The zero-order valence-corrected chi connectivity index (χ0v) is 27.8. The van der Waals surface area contributed by atoms with Gasteiger partial charge in [0, 0.05) is 52.7 Å². The lowest BCUT2D eigenvalue weighted by Crippen LogP contribution is -2.04. The fourth-order valence-corrected chi connectivity index (χ4v) is 10.0. The molecule has 234 valence electrons. The normalized spacial score (nSPS) is 12.7. The van der Waals surface area contributed by atoms with Crippen molar-refractivity contribution in [3.63, 3.8) is 0 Å². The molecule has 5 heteroatoms. The molecule has 0 saturated heterocycles. The summed E-state index contributed by atoms with van der Waals surface area (Å²) in [4.78, 5) is 11.2. The molecule has 4 heterocycles. The molecule has 51 heavy (non-hydrogen) atoms. The Balaban J connectivity index is 1.24. The first-order chi connectivity index (χ1) is 25.3. The van der Waals surface area contributed by atoms with Crippen LogP contribution in [-0.4, -0.2) is 14.5 Å². The van der Waals surface area contributed by atoms with E-state index in [1.54, 1.807) is 0 Å². The van der Waals surface area contributed by atoms with E-state index in [1.165, 1.54) is 58.2 Å². The van der Waals surface area contributed by atoms with E-state index in [1.807, 2.05) is 11.3 Å². The van der Waals surface area contributed by atoms with Crippen molar-refractivity contribution in [3.05, 3.63) is 140 Å². The average Bonchev–Trinajstić information content (AvgIpc) is 3.83. The molecule has 0 saturated carbocycles. The topological polar surface area (TPSA) is 43.9 Å². The zero-order valence-electron chi connectivity index (χ0n) is 26.9. The second kappa shape index (κ2) is 9.16. The molecule has 0 atom stereocenters. The summed E-state index contributed by atoms with van der Waals surface area (Å²) in [6, 6.07) is 50.2. The van der Waals surface area contributed by atoms with Gasteiger partial charge in [0.1, 0.15) is 16.9 Å². The number of thiophene rings is 1. The summed E-state index contributed by atoms with van der Waals surface area (Å²) in [5, 5.41) is 12.0. The standard InChI is InChI=1S/C46H23N3OS/c1-2-9-27-24(7-1)15-18-32-45(27)48-44(26-17-22-38-31(23-26)28-10-3-4-14-37(28)51-38)46(47-32)49-33-19-16-25-8-5-11-29-30-12-6-13-35-40(30)43-36(50-35)21-20-34(49)42(43)41(33)39(25)29/h1-23H. The van der Waals surface area contributed by atoms with Crippen LogP contribution >= 0.6 is 11.3 Å². The molecule has 4 aromatic heterocycles. The number of fused-ring (bicyclic) bond motifs is 7. The van der Waals surface area contributed by atoms with E-state index >= 15 is 0 Å². The first kappa shape index (κ1) is 26.3. The summed E-state index contributed by atoms with van der Waals surface area (Å²) in [7, 11) is 0. The maximum Gasteiger partial charge on any atom is 0.165 e. The summed E-state index contributed by atoms with van der Waals surface area (Å²) in [5.41, 5.74) is 10.1.